The summed E-state index contributed by atoms with van der Waals surface area (Å²) in [6.45, 7) is 1.91. The highest BCUT2D eigenvalue weighted by atomic mass is 32.1. The van der Waals surface area contributed by atoms with Crippen molar-refractivity contribution in [3.63, 3.8) is 0 Å². The molecule has 0 amide bonds. The monoisotopic (exact) mass is 201 g/mol. The average molecular weight is 201 g/mol. The molecular weight excluding hydrogens is 190 g/mol. The number of hydrogen-bond donors (Lipinski definition) is 1. The standard InChI is InChI=1S/C7H11N3O2S/c8-7-6(9-10-13-7)4-12-5-1-2-11-3-5/h5H,1-4,8H2. The van der Waals surface area contributed by atoms with Gasteiger partial charge in [0.1, 0.15) is 10.7 Å². The van der Waals surface area contributed by atoms with Crippen molar-refractivity contribution in [1.29, 1.82) is 0 Å². The number of nitrogen functional groups attached to an aromatic ring is 1. The lowest BCUT2D eigenvalue weighted by molar-refractivity contribution is 0.0304. The van der Waals surface area contributed by atoms with Gasteiger partial charge in [0.05, 0.1) is 19.3 Å². The molecule has 72 valence electrons. The number of anilines is 1. The molecule has 1 aliphatic heterocycles. The quantitative estimate of drug-likeness (QED) is 0.767. The molecule has 5 nitrogen and oxygen atoms in total. The van der Waals surface area contributed by atoms with Crippen molar-refractivity contribution in [2.75, 3.05) is 18.9 Å². The van der Waals surface area contributed by atoms with Crippen LogP contribution in [0.5, 0.6) is 0 Å². The Morgan fingerprint density at radius 1 is 1.69 bits per heavy atom. The molecule has 6 heteroatoms. The van der Waals surface area contributed by atoms with E-state index in [-0.39, 0.29) is 6.10 Å². The van der Waals surface area contributed by atoms with Gasteiger partial charge in [0.25, 0.3) is 0 Å². The zero-order valence-electron chi connectivity index (χ0n) is 7.10. The zero-order valence-corrected chi connectivity index (χ0v) is 7.92. The Morgan fingerprint density at radius 3 is 3.23 bits per heavy atom. The highest BCUT2D eigenvalue weighted by Gasteiger charge is 2.17. The lowest BCUT2D eigenvalue weighted by Crippen LogP contribution is -2.12. The van der Waals surface area contributed by atoms with E-state index < -0.39 is 0 Å². The molecule has 1 aliphatic rings. The fourth-order valence-corrected chi connectivity index (χ4v) is 1.59. The summed E-state index contributed by atoms with van der Waals surface area (Å²) >= 11 is 1.19. The smallest absolute Gasteiger partial charge is 0.133 e. The van der Waals surface area contributed by atoms with Gasteiger partial charge in [-0.2, -0.15) is 0 Å². The summed E-state index contributed by atoms with van der Waals surface area (Å²) in [5.41, 5.74) is 6.34. The number of hydrogen-bond acceptors (Lipinski definition) is 6. The van der Waals surface area contributed by atoms with Gasteiger partial charge in [-0.25, -0.2) is 0 Å². The minimum absolute atomic E-state index is 0.195. The molecule has 1 aromatic heterocycles. The van der Waals surface area contributed by atoms with Crippen LogP contribution in [0.15, 0.2) is 0 Å². The van der Waals surface area contributed by atoms with Gasteiger partial charge in [-0.1, -0.05) is 4.49 Å². The maximum Gasteiger partial charge on any atom is 0.133 e. The Bertz CT molecular complexity index is 272. The second-order valence-corrected chi connectivity index (χ2v) is 3.67. The van der Waals surface area contributed by atoms with Crippen LogP contribution in [-0.2, 0) is 16.1 Å². The van der Waals surface area contributed by atoms with E-state index in [0.717, 1.165) is 18.7 Å². The molecule has 1 saturated heterocycles. The van der Waals surface area contributed by atoms with Crippen molar-refractivity contribution >= 4 is 16.5 Å². The van der Waals surface area contributed by atoms with Crippen LogP contribution >= 0.6 is 11.5 Å². The number of ether oxygens (including phenoxy) is 2. The van der Waals surface area contributed by atoms with Crippen molar-refractivity contribution in [2.24, 2.45) is 0 Å². The molecule has 1 fully saturated rings. The third-order valence-corrected chi connectivity index (χ3v) is 2.52. The molecule has 13 heavy (non-hydrogen) atoms. The molecule has 0 spiro atoms. The van der Waals surface area contributed by atoms with E-state index in [9.17, 15) is 0 Å². The zero-order chi connectivity index (χ0) is 9.10. The molecule has 0 radical (unpaired) electrons. The molecule has 2 N–H and O–H groups in total. The van der Waals surface area contributed by atoms with Crippen molar-refractivity contribution in [2.45, 2.75) is 19.1 Å². The van der Waals surface area contributed by atoms with Gasteiger partial charge < -0.3 is 15.2 Å². The van der Waals surface area contributed by atoms with Crippen LogP contribution < -0.4 is 5.73 Å². The largest absolute Gasteiger partial charge is 0.388 e. The highest BCUT2D eigenvalue weighted by molar-refractivity contribution is 7.09. The summed E-state index contributed by atoms with van der Waals surface area (Å²) in [6, 6.07) is 0. The van der Waals surface area contributed by atoms with Gasteiger partial charge >= 0.3 is 0 Å². The maximum atomic E-state index is 5.61. The first-order chi connectivity index (χ1) is 6.36. The Balaban J connectivity index is 1.82. The van der Waals surface area contributed by atoms with E-state index in [1.165, 1.54) is 11.5 Å². The topological polar surface area (TPSA) is 70.3 Å². The van der Waals surface area contributed by atoms with Crippen molar-refractivity contribution < 1.29 is 9.47 Å². The summed E-state index contributed by atoms with van der Waals surface area (Å²) in [5.74, 6) is 0. The van der Waals surface area contributed by atoms with Gasteiger partial charge in [0.2, 0.25) is 0 Å². The van der Waals surface area contributed by atoms with Gasteiger partial charge in [0.15, 0.2) is 0 Å². The molecule has 1 aromatic rings. The SMILES string of the molecule is Nc1snnc1COC1CCOC1. The molecular formula is C7H11N3O2S. The van der Waals surface area contributed by atoms with E-state index in [4.69, 9.17) is 15.2 Å². The van der Waals surface area contributed by atoms with Gasteiger partial charge in [-0.3, -0.25) is 0 Å². The minimum atomic E-state index is 0.195. The molecule has 0 saturated carbocycles. The predicted molar refractivity (Wildman–Crippen MR) is 48.3 cm³/mol. The van der Waals surface area contributed by atoms with Crippen LogP contribution in [0.3, 0.4) is 0 Å². The normalized spacial score (nSPS) is 22.3. The summed E-state index contributed by atoms with van der Waals surface area (Å²) in [4.78, 5) is 0. The minimum Gasteiger partial charge on any atom is -0.388 e. The van der Waals surface area contributed by atoms with E-state index in [0.29, 0.717) is 18.2 Å². The van der Waals surface area contributed by atoms with E-state index in [1.54, 1.807) is 0 Å². The predicted octanol–water partition coefficient (Wildman–Crippen LogP) is 0.426. The summed E-state index contributed by atoms with van der Waals surface area (Å²) in [5, 5.41) is 4.49. The number of nitrogens with zero attached hydrogens (tertiary/aromatic N) is 2. The number of nitrogens with two attached hydrogens (primary N) is 1. The second-order valence-electron chi connectivity index (χ2n) is 2.88. The molecule has 0 aromatic carbocycles. The van der Waals surface area contributed by atoms with Crippen LogP contribution in [0, 0.1) is 0 Å². The highest BCUT2D eigenvalue weighted by Crippen LogP contribution is 2.16. The fourth-order valence-electron chi connectivity index (χ4n) is 1.16. The lowest BCUT2D eigenvalue weighted by atomic mass is 10.3. The Hall–Kier alpha value is -0.720. The van der Waals surface area contributed by atoms with E-state index in [1.807, 2.05) is 0 Å². The molecule has 1 atom stereocenters. The second kappa shape index (κ2) is 3.99. The summed E-state index contributed by atoms with van der Waals surface area (Å²) in [7, 11) is 0. The Morgan fingerprint density at radius 2 is 2.62 bits per heavy atom. The Kier molecular flexibility index (Phi) is 2.72. The van der Waals surface area contributed by atoms with Crippen LogP contribution in [0.4, 0.5) is 5.00 Å². The number of aromatic nitrogens is 2. The first-order valence-electron chi connectivity index (χ1n) is 4.12. The third kappa shape index (κ3) is 2.15. The first-order valence-corrected chi connectivity index (χ1v) is 4.89. The van der Waals surface area contributed by atoms with Crippen LogP contribution in [0.25, 0.3) is 0 Å². The molecule has 0 bridgehead atoms. The average Bonchev–Trinajstić information content (AvgIpc) is 2.72. The van der Waals surface area contributed by atoms with Gasteiger partial charge in [-0.05, 0) is 6.42 Å². The maximum absolute atomic E-state index is 5.61. The first kappa shape index (κ1) is 8.86. The van der Waals surface area contributed by atoms with E-state index >= 15 is 0 Å². The van der Waals surface area contributed by atoms with Crippen molar-refractivity contribution in [3.8, 4) is 0 Å². The van der Waals surface area contributed by atoms with Crippen molar-refractivity contribution in [3.05, 3.63) is 5.69 Å². The van der Waals surface area contributed by atoms with E-state index in [2.05, 4.69) is 9.59 Å². The molecule has 2 rings (SSSR count). The lowest BCUT2D eigenvalue weighted by Gasteiger charge is -2.07. The fraction of sp³-hybridized carbons (Fsp3) is 0.714. The molecule has 1 unspecified atom stereocenters. The van der Waals surface area contributed by atoms with Crippen LogP contribution in [0.1, 0.15) is 12.1 Å². The van der Waals surface area contributed by atoms with Crippen molar-refractivity contribution in [1.82, 2.24) is 9.59 Å². The molecule has 2 heterocycles. The molecule has 0 aliphatic carbocycles. The number of rotatable bonds is 3. The summed E-state index contributed by atoms with van der Waals surface area (Å²) < 4.78 is 14.4. The van der Waals surface area contributed by atoms with Crippen LogP contribution in [0.2, 0.25) is 0 Å². The Labute approximate surface area is 80.0 Å². The van der Waals surface area contributed by atoms with Gasteiger partial charge in [-0.15, -0.1) is 5.10 Å². The van der Waals surface area contributed by atoms with Gasteiger partial charge in [0, 0.05) is 18.1 Å². The summed E-state index contributed by atoms with van der Waals surface area (Å²) in [6.07, 6.45) is 1.15. The van der Waals surface area contributed by atoms with Crippen LogP contribution in [-0.4, -0.2) is 28.9 Å². The third-order valence-electron chi connectivity index (χ3n) is 1.93.